The molecule has 2 fully saturated rings. The lowest BCUT2D eigenvalue weighted by atomic mass is 9.80. The van der Waals surface area contributed by atoms with E-state index in [-0.39, 0.29) is 35.8 Å². The lowest BCUT2D eigenvalue weighted by Gasteiger charge is -2.39. The minimum absolute atomic E-state index is 0.102. The van der Waals surface area contributed by atoms with Crippen molar-refractivity contribution in [2.75, 3.05) is 18.0 Å². The maximum Gasteiger partial charge on any atom is 0.287 e. The number of Topliss-reactive ketones (excluding diaryl/α,β-unsaturated/α-hetero) is 1. The number of furan rings is 1. The summed E-state index contributed by atoms with van der Waals surface area (Å²) < 4.78 is 20.1. The number of fused-ring (bicyclic) bond motifs is 1. The number of benzene rings is 2. The number of nitriles is 1. The van der Waals surface area contributed by atoms with Crippen LogP contribution < -0.4 is 15.5 Å². The highest BCUT2D eigenvalue weighted by atomic mass is 19.1. The summed E-state index contributed by atoms with van der Waals surface area (Å²) in [5.74, 6) is -1.59. The van der Waals surface area contributed by atoms with Crippen LogP contribution in [0, 0.1) is 17.1 Å². The molecule has 3 aromatic rings. The smallest absolute Gasteiger partial charge is 0.287 e. The first-order chi connectivity index (χ1) is 17.9. The van der Waals surface area contributed by atoms with E-state index in [1.165, 1.54) is 18.2 Å². The number of para-hydroxylation sites is 2. The molecule has 1 aromatic heterocycles. The van der Waals surface area contributed by atoms with E-state index < -0.39 is 29.2 Å². The number of anilines is 1. The average Bonchev–Trinajstić information content (AvgIpc) is 3.35. The molecule has 1 saturated heterocycles. The third-order valence-corrected chi connectivity index (χ3v) is 7.30. The summed E-state index contributed by atoms with van der Waals surface area (Å²) in [7, 11) is 0. The van der Waals surface area contributed by atoms with Gasteiger partial charge in [-0.3, -0.25) is 14.4 Å². The first kappa shape index (κ1) is 24.5. The van der Waals surface area contributed by atoms with Crippen LogP contribution in [-0.2, 0) is 9.59 Å². The Bertz CT molecular complexity index is 1370. The van der Waals surface area contributed by atoms with Crippen molar-refractivity contribution in [1.29, 1.82) is 5.26 Å². The van der Waals surface area contributed by atoms with Gasteiger partial charge in [-0.15, -0.1) is 0 Å². The summed E-state index contributed by atoms with van der Waals surface area (Å²) in [5, 5.41) is 15.9. The normalized spacial score (nSPS) is 19.3. The van der Waals surface area contributed by atoms with Gasteiger partial charge in [0.2, 0.25) is 5.91 Å². The molecule has 0 bridgehead atoms. The SMILES string of the molecule is N#Cc1cccc(F)c1N1CCC(NC(=O)C2(NC(=O)c3cc4ccccc4o3)CCCCC2)C(=O)C1. The van der Waals surface area contributed by atoms with E-state index in [1.54, 1.807) is 17.0 Å². The molecule has 0 radical (unpaired) electrons. The highest BCUT2D eigenvalue weighted by Gasteiger charge is 2.43. The van der Waals surface area contributed by atoms with Crippen molar-refractivity contribution in [2.45, 2.75) is 50.1 Å². The molecule has 1 aliphatic heterocycles. The van der Waals surface area contributed by atoms with Crippen molar-refractivity contribution >= 4 is 34.3 Å². The number of nitrogens with one attached hydrogen (secondary N) is 2. The predicted octanol–water partition coefficient (Wildman–Crippen LogP) is 3.84. The number of hydrogen-bond donors (Lipinski definition) is 2. The first-order valence-electron chi connectivity index (χ1n) is 12.5. The topological polar surface area (TPSA) is 115 Å². The standard InChI is InChI=1S/C28H27FN4O4/c29-20-9-6-8-19(16-30)25(20)33-14-11-21(22(34)17-33)31-27(36)28(12-4-1-5-13-28)32-26(35)24-15-18-7-2-3-10-23(18)37-24/h2-3,6-10,15,21H,1,4-5,11-14,17H2,(H,31,36)(H,32,35). The molecule has 2 aromatic carbocycles. The second-order valence-corrected chi connectivity index (χ2v) is 9.70. The molecule has 37 heavy (non-hydrogen) atoms. The van der Waals surface area contributed by atoms with Crippen LogP contribution in [0.3, 0.4) is 0 Å². The molecule has 2 amide bonds. The Morgan fingerprint density at radius 2 is 1.89 bits per heavy atom. The van der Waals surface area contributed by atoms with Crippen molar-refractivity contribution in [3.8, 4) is 6.07 Å². The predicted molar refractivity (Wildman–Crippen MR) is 134 cm³/mol. The Morgan fingerprint density at radius 3 is 2.62 bits per heavy atom. The maximum absolute atomic E-state index is 14.5. The van der Waals surface area contributed by atoms with Crippen molar-refractivity contribution in [2.24, 2.45) is 0 Å². The Labute approximate surface area is 213 Å². The van der Waals surface area contributed by atoms with Crippen LogP contribution in [0.25, 0.3) is 11.0 Å². The van der Waals surface area contributed by atoms with Gasteiger partial charge in [-0.2, -0.15) is 5.26 Å². The van der Waals surface area contributed by atoms with Gasteiger partial charge in [0.25, 0.3) is 5.91 Å². The van der Waals surface area contributed by atoms with Gasteiger partial charge in [0.1, 0.15) is 23.0 Å². The van der Waals surface area contributed by atoms with Gasteiger partial charge < -0.3 is 20.0 Å². The lowest BCUT2D eigenvalue weighted by Crippen LogP contribution is -2.63. The Morgan fingerprint density at radius 1 is 1.11 bits per heavy atom. The molecule has 2 aliphatic rings. The molecule has 1 atom stereocenters. The van der Waals surface area contributed by atoms with E-state index in [1.807, 2.05) is 24.3 Å². The van der Waals surface area contributed by atoms with Crippen LogP contribution in [0.1, 0.15) is 54.6 Å². The van der Waals surface area contributed by atoms with Crippen LogP contribution >= 0.6 is 0 Å². The molecule has 1 saturated carbocycles. The quantitative estimate of drug-likeness (QED) is 0.548. The number of amides is 2. The number of carbonyl (C=O) groups is 3. The first-order valence-corrected chi connectivity index (χ1v) is 12.5. The van der Waals surface area contributed by atoms with Crippen molar-refractivity contribution in [1.82, 2.24) is 10.6 Å². The molecule has 190 valence electrons. The van der Waals surface area contributed by atoms with Gasteiger partial charge in [0.15, 0.2) is 11.5 Å². The van der Waals surface area contributed by atoms with Gasteiger partial charge in [-0.05, 0) is 43.5 Å². The van der Waals surface area contributed by atoms with Gasteiger partial charge in [0.05, 0.1) is 23.8 Å². The summed E-state index contributed by atoms with van der Waals surface area (Å²) in [5.41, 5.74) is -0.304. The van der Waals surface area contributed by atoms with Crippen LogP contribution in [-0.4, -0.2) is 42.3 Å². The Hall–Kier alpha value is -4.19. The molecular weight excluding hydrogens is 475 g/mol. The van der Waals surface area contributed by atoms with E-state index >= 15 is 0 Å². The van der Waals surface area contributed by atoms with Gasteiger partial charge in [-0.1, -0.05) is 43.5 Å². The monoisotopic (exact) mass is 502 g/mol. The van der Waals surface area contributed by atoms with E-state index in [9.17, 15) is 24.0 Å². The summed E-state index contributed by atoms with van der Waals surface area (Å²) in [4.78, 5) is 41.2. The molecule has 1 aliphatic carbocycles. The molecule has 1 unspecified atom stereocenters. The van der Waals surface area contributed by atoms with E-state index in [4.69, 9.17) is 4.42 Å². The second-order valence-electron chi connectivity index (χ2n) is 9.70. The summed E-state index contributed by atoms with van der Waals surface area (Å²) in [6.45, 7) is 0.170. The number of piperidine rings is 1. The number of halogens is 1. The zero-order valence-electron chi connectivity index (χ0n) is 20.3. The average molecular weight is 503 g/mol. The van der Waals surface area contributed by atoms with Crippen LogP contribution in [0.15, 0.2) is 52.9 Å². The molecule has 0 spiro atoms. The number of carbonyl (C=O) groups excluding carboxylic acids is 3. The summed E-state index contributed by atoms with van der Waals surface area (Å²) in [6, 6.07) is 14.4. The van der Waals surface area contributed by atoms with Crippen molar-refractivity contribution in [3.05, 3.63) is 65.7 Å². The number of ketones is 1. The molecule has 9 heteroatoms. The second kappa shape index (κ2) is 10.1. The third-order valence-electron chi connectivity index (χ3n) is 7.30. The zero-order valence-corrected chi connectivity index (χ0v) is 20.3. The molecule has 2 N–H and O–H groups in total. The van der Waals surface area contributed by atoms with E-state index in [2.05, 4.69) is 10.6 Å². The summed E-state index contributed by atoms with van der Waals surface area (Å²) in [6.07, 6.45) is 3.67. The highest BCUT2D eigenvalue weighted by Crippen LogP contribution is 2.31. The van der Waals surface area contributed by atoms with E-state index in [0.29, 0.717) is 25.0 Å². The fourth-order valence-electron chi connectivity index (χ4n) is 5.33. The largest absolute Gasteiger partial charge is 0.451 e. The number of rotatable bonds is 5. The maximum atomic E-state index is 14.5. The van der Waals surface area contributed by atoms with Gasteiger partial charge in [0, 0.05) is 11.9 Å². The molecule has 2 heterocycles. The number of nitrogens with zero attached hydrogens (tertiary/aromatic N) is 2. The fourth-order valence-corrected chi connectivity index (χ4v) is 5.33. The van der Waals surface area contributed by atoms with Crippen LogP contribution in [0.5, 0.6) is 0 Å². The van der Waals surface area contributed by atoms with Crippen molar-refractivity contribution in [3.63, 3.8) is 0 Å². The molecule has 5 rings (SSSR count). The highest BCUT2D eigenvalue weighted by molar-refractivity contribution is 6.01. The van der Waals surface area contributed by atoms with E-state index in [0.717, 1.165) is 24.6 Å². The lowest BCUT2D eigenvalue weighted by molar-refractivity contribution is -0.133. The van der Waals surface area contributed by atoms with Gasteiger partial charge >= 0.3 is 0 Å². The van der Waals surface area contributed by atoms with Crippen LogP contribution in [0.2, 0.25) is 0 Å². The summed E-state index contributed by atoms with van der Waals surface area (Å²) >= 11 is 0. The minimum Gasteiger partial charge on any atom is -0.451 e. The Balaban J connectivity index is 1.30. The number of hydrogen-bond acceptors (Lipinski definition) is 6. The van der Waals surface area contributed by atoms with Crippen LogP contribution in [0.4, 0.5) is 10.1 Å². The molecule has 8 nitrogen and oxygen atoms in total. The zero-order chi connectivity index (χ0) is 26.0. The minimum atomic E-state index is -1.15. The van der Waals surface area contributed by atoms with Gasteiger partial charge in [-0.25, -0.2) is 4.39 Å². The van der Waals surface area contributed by atoms with Crippen molar-refractivity contribution < 1.29 is 23.2 Å². The Kier molecular flexibility index (Phi) is 6.66. The fraction of sp³-hybridized carbons (Fsp3) is 0.357. The molecular formula is C28H27FN4O4. The third kappa shape index (κ3) is 4.79.